The van der Waals surface area contributed by atoms with Gasteiger partial charge in [0.1, 0.15) is 4.90 Å². The number of benzene rings is 2. The van der Waals surface area contributed by atoms with Crippen molar-refractivity contribution in [2.75, 3.05) is 19.0 Å². The summed E-state index contributed by atoms with van der Waals surface area (Å²) in [5, 5.41) is 0. The smallest absolute Gasteiger partial charge is 0.242 e. The lowest BCUT2D eigenvalue weighted by Gasteiger charge is -2.22. The molecule has 0 saturated carbocycles. The maximum atomic E-state index is 12.1. The first-order valence-electron chi connectivity index (χ1n) is 6.55. The summed E-state index contributed by atoms with van der Waals surface area (Å²) in [6, 6.07) is 14.6. The third-order valence-electron chi connectivity index (χ3n) is 3.32. The predicted octanol–water partition coefficient (Wildman–Crippen LogP) is 1.82. The molecule has 0 aliphatic carbocycles. The average Bonchev–Trinajstić information content (AvgIpc) is 2.54. The van der Waals surface area contributed by atoms with Crippen LogP contribution in [0.4, 0.5) is 11.4 Å². The summed E-state index contributed by atoms with van der Waals surface area (Å²) in [6.07, 6.45) is 0. The number of rotatable bonds is 5. The Kier molecular flexibility index (Phi) is 4.62. The summed E-state index contributed by atoms with van der Waals surface area (Å²) >= 11 is 0. The molecule has 112 valence electrons. The highest BCUT2D eigenvalue weighted by Crippen LogP contribution is 2.30. The molecule has 0 amide bonds. The van der Waals surface area contributed by atoms with Crippen LogP contribution < -0.4 is 15.4 Å². The van der Waals surface area contributed by atoms with Gasteiger partial charge in [0.2, 0.25) is 10.0 Å². The molecule has 3 N–H and O–H groups in total. The third kappa shape index (κ3) is 3.24. The van der Waals surface area contributed by atoms with E-state index in [1.807, 2.05) is 42.3 Å². The number of sulfonamides is 1. The van der Waals surface area contributed by atoms with Gasteiger partial charge in [-0.2, -0.15) is 0 Å². The van der Waals surface area contributed by atoms with Crippen LogP contribution >= 0.6 is 0 Å². The number of hydrogen-bond acceptors (Lipinski definition) is 4. The number of nitrogens with one attached hydrogen (secondary N) is 1. The van der Waals surface area contributed by atoms with Crippen LogP contribution in [0.2, 0.25) is 0 Å². The highest BCUT2D eigenvalue weighted by molar-refractivity contribution is 7.89. The van der Waals surface area contributed by atoms with Crippen molar-refractivity contribution in [2.45, 2.75) is 11.4 Å². The lowest BCUT2D eigenvalue weighted by molar-refractivity contribution is 0.588. The monoisotopic (exact) mass is 305 g/mol. The Morgan fingerprint density at radius 2 is 1.86 bits per heavy atom. The number of anilines is 2. The fourth-order valence-corrected chi connectivity index (χ4v) is 3.06. The van der Waals surface area contributed by atoms with Gasteiger partial charge in [-0.15, -0.1) is 0 Å². The Hall–Kier alpha value is -1.89. The molecule has 2 aromatic carbocycles. The standard InChI is InChI=1S/C15H19N3O2S/c1-17-21(19,20)15-9-4-3-8-14(15)18(2)13-7-5-6-12(10-13)11-16/h3-10,17H,11,16H2,1-2H3. The van der Waals surface area contributed by atoms with Crippen molar-refractivity contribution in [3.63, 3.8) is 0 Å². The van der Waals surface area contributed by atoms with Crippen LogP contribution in [-0.4, -0.2) is 22.5 Å². The van der Waals surface area contributed by atoms with Gasteiger partial charge in [-0.05, 0) is 36.9 Å². The van der Waals surface area contributed by atoms with E-state index in [0.717, 1.165) is 11.3 Å². The van der Waals surface area contributed by atoms with Gasteiger partial charge in [0.05, 0.1) is 5.69 Å². The zero-order valence-electron chi connectivity index (χ0n) is 12.1. The first kappa shape index (κ1) is 15.5. The van der Waals surface area contributed by atoms with Crippen molar-refractivity contribution in [1.29, 1.82) is 0 Å². The summed E-state index contributed by atoms with van der Waals surface area (Å²) < 4.78 is 26.6. The van der Waals surface area contributed by atoms with Crippen molar-refractivity contribution >= 4 is 21.4 Å². The fraction of sp³-hybridized carbons (Fsp3) is 0.200. The van der Waals surface area contributed by atoms with Gasteiger partial charge in [-0.3, -0.25) is 0 Å². The van der Waals surface area contributed by atoms with Crippen LogP contribution in [0.1, 0.15) is 5.56 Å². The lowest BCUT2D eigenvalue weighted by atomic mass is 10.2. The van der Waals surface area contributed by atoms with E-state index in [9.17, 15) is 8.42 Å². The minimum atomic E-state index is -3.51. The summed E-state index contributed by atoms with van der Waals surface area (Å²) in [5.74, 6) is 0. The van der Waals surface area contributed by atoms with Gasteiger partial charge in [-0.1, -0.05) is 24.3 Å². The molecular weight excluding hydrogens is 286 g/mol. The molecule has 5 nitrogen and oxygen atoms in total. The van der Waals surface area contributed by atoms with E-state index >= 15 is 0 Å². The number of hydrogen-bond donors (Lipinski definition) is 2. The molecule has 0 fully saturated rings. The van der Waals surface area contributed by atoms with Crippen LogP contribution in [0.15, 0.2) is 53.4 Å². The molecule has 21 heavy (non-hydrogen) atoms. The van der Waals surface area contributed by atoms with E-state index in [-0.39, 0.29) is 4.90 Å². The zero-order chi connectivity index (χ0) is 15.5. The van der Waals surface area contributed by atoms with E-state index in [1.54, 1.807) is 18.2 Å². The molecule has 0 aliphatic rings. The van der Waals surface area contributed by atoms with Crippen LogP contribution in [-0.2, 0) is 16.6 Å². The topological polar surface area (TPSA) is 75.4 Å². The molecule has 0 aliphatic heterocycles. The minimum absolute atomic E-state index is 0.244. The number of para-hydroxylation sites is 1. The normalized spacial score (nSPS) is 11.4. The molecule has 2 aromatic rings. The minimum Gasteiger partial charge on any atom is -0.344 e. The molecule has 0 atom stereocenters. The third-order valence-corrected chi connectivity index (χ3v) is 4.78. The molecule has 0 aromatic heterocycles. The van der Waals surface area contributed by atoms with Crippen molar-refractivity contribution in [1.82, 2.24) is 4.72 Å². The van der Waals surface area contributed by atoms with Crippen molar-refractivity contribution in [3.05, 3.63) is 54.1 Å². The molecule has 0 radical (unpaired) electrons. The number of nitrogens with two attached hydrogens (primary N) is 1. The van der Waals surface area contributed by atoms with Crippen LogP contribution in [0.3, 0.4) is 0 Å². The van der Waals surface area contributed by atoms with Gasteiger partial charge in [0.25, 0.3) is 0 Å². The zero-order valence-corrected chi connectivity index (χ0v) is 12.9. The lowest BCUT2D eigenvalue weighted by Crippen LogP contribution is -2.22. The predicted molar refractivity (Wildman–Crippen MR) is 85.1 cm³/mol. The first-order valence-corrected chi connectivity index (χ1v) is 8.03. The van der Waals surface area contributed by atoms with E-state index < -0.39 is 10.0 Å². The molecule has 0 saturated heterocycles. The first-order chi connectivity index (χ1) is 9.99. The van der Waals surface area contributed by atoms with E-state index in [0.29, 0.717) is 12.2 Å². The Balaban J connectivity index is 2.51. The summed E-state index contributed by atoms with van der Waals surface area (Å²) in [5.41, 5.74) is 8.15. The molecular formula is C15H19N3O2S. The molecule has 0 unspecified atom stereocenters. The SMILES string of the molecule is CNS(=O)(=O)c1ccccc1N(C)c1cccc(CN)c1. The largest absolute Gasteiger partial charge is 0.344 e. The van der Waals surface area contributed by atoms with Crippen LogP contribution in [0.25, 0.3) is 0 Å². The fourth-order valence-electron chi connectivity index (χ4n) is 2.10. The summed E-state index contributed by atoms with van der Waals surface area (Å²) in [6.45, 7) is 0.443. The van der Waals surface area contributed by atoms with Crippen molar-refractivity contribution in [3.8, 4) is 0 Å². The second-order valence-electron chi connectivity index (χ2n) is 4.61. The Morgan fingerprint density at radius 1 is 1.14 bits per heavy atom. The Bertz CT molecular complexity index is 729. The molecule has 0 heterocycles. The number of nitrogens with zero attached hydrogens (tertiary/aromatic N) is 1. The van der Waals surface area contributed by atoms with E-state index in [1.165, 1.54) is 7.05 Å². The Labute approximate surface area is 125 Å². The summed E-state index contributed by atoms with van der Waals surface area (Å²) in [7, 11) is -0.277. The molecule has 0 spiro atoms. The highest BCUT2D eigenvalue weighted by atomic mass is 32.2. The second kappa shape index (κ2) is 6.26. The van der Waals surface area contributed by atoms with E-state index in [2.05, 4.69) is 4.72 Å². The van der Waals surface area contributed by atoms with E-state index in [4.69, 9.17) is 5.73 Å². The maximum absolute atomic E-state index is 12.1. The molecule has 6 heteroatoms. The maximum Gasteiger partial charge on any atom is 0.242 e. The van der Waals surface area contributed by atoms with Gasteiger partial charge in [0, 0.05) is 19.3 Å². The van der Waals surface area contributed by atoms with Gasteiger partial charge < -0.3 is 10.6 Å². The van der Waals surface area contributed by atoms with Gasteiger partial charge in [0.15, 0.2) is 0 Å². The van der Waals surface area contributed by atoms with Gasteiger partial charge >= 0.3 is 0 Å². The Morgan fingerprint density at radius 3 is 2.52 bits per heavy atom. The quantitative estimate of drug-likeness (QED) is 0.883. The van der Waals surface area contributed by atoms with Crippen molar-refractivity contribution < 1.29 is 8.42 Å². The highest BCUT2D eigenvalue weighted by Gasteiger charge is 2.19. The van der Waals surface area contributed by atoms with Crippen molar-refractivity contribution in [2.24, 2.45) is 5.73 Å². The summed E-state index contributed by atoms with van der Waals surface area (Å²) in [4.78, 5) is 2.08. The average molecular weight is 305 g/mol. The van der Waals surface area contributed by atoms with Crippen LogP contribution in [0.5, 0.6) is 0 Å². The molecule has 2 rings (SSSR count). The second-order valence-corrected chi connectivity index (χ2v) is 6.46. The van der Waals surface area contributed by atoms with Crippen LogP contribution in [0, 0.1) is 0 Å². The van der Waals surface area contributed by atoms with Gasteiger partial charge in [-0.25, -0.2) is 13.1 Å². The molecule has 0 bridgehead atoms.